The van der Waals surface area contributed by atoms with Crippen LogP contribution in [0.2, 0.25) is 5.02 Å². The largest absolute Gasteiger partial charge is 0.394 e. The van der Waals surface area contributed by atoms with Crippen molar-refractivity contribution in [1.29, 1.82) is 0 Å². The lowest BCUT2D eigenvalue weighted by Gasteiger charge is -2.46. The highest BCUT2D eigenvalue weighted by atomic mass is 35.5. The number of β-amino-alcohol motifs (C(OH)–C–C–N with tert-alkyl or cyclic N) is 1. The minimum atomic E-state index is -0.638. The fourth-order valence-corrected chi connectivity index (χ4v) is 5.35. The van der Waals surface area contributed by atoms with Gasteiger partial charge in [-0.15, -0.1) is 0 Å². The highest BCUT2D eigenvalue weighted by Crippen LogP contribution is 2.38. The molecule has 2 aliphatic rings. The summed E-state index contributed by atoms with van der Waals surface area (Å²) >= 11 is 5.96. The Morgan fingerprint density at radius 3 is 2.47 bits per heavy atom. The van der Waals surface area contributed by atoms with Crippen LogP contribution < -0.4 is 10.6 Å². The molecule has 1 heterocycles. The van der Waals surface area contributed by atoms with Gasteiger partial charge in [0.2, 0.25) is 5.91 Å². The fourth-order valence-electron chi connectivity index (χ4n) is 5.22. The molecule has 1 aromatic carbocycles. The summed E-state index contributed by atoms with van der Waals surface area (Å²) in [6, 6.07) is 6.88. The van der Waals surface area contributed by atoms with Gasteiger partial charge in [0.1, 0.15) is 0 Å². The number of nitrogens with one attached hydrogen (secondary N) is 2. The molecular weight excluding hydrogens is 426 g/mol. The van der Waals surface area contributed by atoms with Crippen LogP contribution in [0, 0.1) is 11.8 Å². The highest BCUT2D eigenvalue weighted by Gasteiger charge is 2.41. The molecule has 3 rings (SSSR count). The van der Waals surface area contributed by atoms with Gasteiger partial charge in [0.05, 0.1) is 24.8 Å². The van der Waals surface area contributed by atoms with Crippen LogP contribution in [0.1, 0.15) is 64.5 Å². The van der Waals surface area contributed by atoms with Gasteiger partial charge in [0.25, 0.3) is 0 Å². The Kier molecular flexibility index (Phi) is 8.98. The van der Waals surface area contributed by atoms with Gasteiger partial charge in [0.15, 0.2) is 0 Å². The Morgan fingerprint density at radius 2 is 1.84 bits per heavy atom. The van der Waals surface area contributed by atoms with E-state index in [0.29, 0.717) is 29.9 Å². The molecule has 1 saturated carbocycles. The second kappa shape index (κ2) is 11.3. The van der Waals surface area contributed by atoms with Gasteiger partial charge in [-0.2, -0.15) is 0 Å². The third-order valence-corrected chi connectivity index (χ3v) is 7.06. The van der Waals surface area contributed by atoms with E-state index in [0.717, 1.165) is 18.5 Å². The van der Waals surface area contributed by atoms with Crippen LogP contribution in [-0.2, 0) is 4.79 Å². The van der Waals surface area contributed by atoms with Crippen LogP contribution in [0.3, 0.4) is 0 Å². The van der Waals surface area contributed by atoms with Crippen LogP contribution in [0.25, 0.3) is 0 Å². The monoisotopic (exact) mass is 465 g/mol. The topological polar surface area (TPSA) is 84.8 Å². The third kappa shape index (κ3) is 7.16. The van der Waals surface area contributed by atoms with Crippen molar-refractivity contribution in [3.63, 3.8) is 0 Å². The van der Waals surface area contributed by atoms with E-state index in [-0.39, 0.29) is 30.1 Å². The number of amides is 1. The van der Waals surface area contributed by atoms with Crippen molar-refractivity contribution in [2.75, 3.05) is 26.2 Å². The number of piperidine rings is 1. The number of hydrogen-bond donors (Lipinski definition) is 4. The first-order valence-electron chi connectivity index (χ1n) is 12.0. The molecule has 0 radical (unpaired) electrons. The molecular formula is C25H40ClN3O3. The second-order valence-electron chi connectivity index (χ2n) is 10.6. The first-order chi connectivity index (χ1) is 15.2. The van der Waals surface area contributed by atoms with E-state index in [9.17, 15) is 15.0 Å². The van der Waals surface area contributed by atoms with Gasteiger partial charge in [-0.05, 0) is 63.1 Å². The molecule has 180 valence electrons. The average Bonchev–Trinajstić information content (AvgIpc) is 2.73. The number of rotatable bonds is 8. The van der Waals surface area contributed by atoms with E-state index in [4.69, 9.17) is 11.6 Å². The molecule has 1 aliphatic heterocycles. The molecule has 32 heavy (non-hydrogen) atoms. The second-order valence-corrected chi connectivity index (χ2v) is 11.0. The van der Waals surface area contributed by atoms with E-state index in [1.54, 1.807) is 12.1 Å². The van der Waals surface area contributed by atoms with Gasteiger partial charge < -0.3 is 20.8 Å². The maximum atomic E-state index is 13.1. The number of fused-ring (bicyclic) bond motifs is 1. The number of halogens is 1. The molecule has 5 atom stereocenters. The van der Waals surface area contributed by atoms with Crippen LogP contribution in [-0.4, -0.2) is 64.9 Å². The molecule has 6 nitrogen and oxygen atoms in total. The lowest BCUT2D eigenvalue weighted by Crippen LogP contribution is -2.59. The zero-order valence-corrected chi connectivity index (χ0v) is 20.4. The summed E-state index contributed by atoms with van der Waals surface area (Å²) in [6.07, 6.45) is 5.18. The highest BCUT2D eigenvalue weighted by molar-refractivity contribution is 6.30. The first-order valence-corrected chi connectivity index (χ1v) is 12.4. The van der Waals surface area contributed by atoms with Crippen molar-refractivity contribution in [3.05, 3.63) is 34.9 Å². The number of nitrogens with zero attached hydrogens (tertiary/aromatic N) is 1. The van der Waals surface area contributed by atoms with E-state index >= 15 is 0 Å². The van der Waals surface area contributed by atoms with E-state index in [2.05, 4.69) is 15.5 Å². The minimum Gasteiger partial charge on any atom is -0.394 e. The summed E-state index contributed by atoms with van der Waals surface area (Å²) in [5.41, 5.74) is 0.647. The van der Waals surface area contributed by atoms with Crippen molar-refractivity contribution in [1.82, 2.24) is 15.5 Å². The lowest BCUT2D eigenvalue weighted by atomic mass is 9.72. The Balaban J connectivity index is 1.62. The molecule has 1 saturated heterocycles. The van der Waals surface area contributed by atoms with Crippen LogP contribution in [0.4, 0.5) is 0 Å². The summed E-state index contributed by atoms with van der Waals surface area (Å²) in [6.45, 7) is 7.59. The molecule has 7 heteroatoms. The SMILES string of the molecule is CC(C)(C)NC(=O)[C@@H]1C[C@@H]2CCCC[C@@H]2CN1C[C@H](O)CN[C@@H](CO)c1ccc(Cl)cc1. The molecule has 0 spiro atoms. The quantitative estimate of drug-likeness (QED) is 0.474. The Bertz CT molecular complexity index is 737. The molecule has 0 unspecified atom stereocenters. The number of hydrogen-bond acceptors (Lipinski definition) is 5. The number of likely N-dealkylation sites (tertiary alicyclic amines) is 1. The fraction of sp³-hybridized carbons (Fsp3) is 0.720. The normalized spacial score (nSPS) is 26.2. The number of carbonyl (C=O) groups is 1. The zero-order valence-electron chi connectivity index (χ0n) is 19.7. The standard InChI is InChI=1S/C25H40ClN3O3/c1-25(2,3)28-24(32)23-12-18-6-4-5-7-19(18)14-29(23)15-21(31)13-27-22(16-30)17-8-10-20(26)11-9-17/h8-11,18-19,21-23,27,30-31H,4-7,12-16H2,1-3H3,(H,28,32)/t18-,19+,21+,22-,23-/m0/s1. The predicted molar refractivity (Wildman–Crippen MR) is 129 cm³/mol. The van der Waals surface area contributed by atoms with Gasteiger partial charge in [-0.1, -0.05) is 43.0 Å². The molecule has 0 bridgehead atoms. The smallest absolute Gasteiger partial charge is 0.237 e. The number of aliphatic hydroxyl groups excluding tert-OH is 2. The summed E-state index contributed by atoms with van der Waals surface area (Å²) in [7, 11) is 0. The minimum absolute atomic E-state index is 0.0658. The Morgan fingerprint density at radius 1 is 1.19 bits per heavy atom. The van der Waals surface area contributed by atoms with Gasteiger partial charge >= 0.3 is 0 Å². The van der Waals surface area contributed by atoms with Gasteiger partial charge in [-0.3, -0.25) is 9.69 Å². The van der Waals surface area contributed by atoms with Crippen LogP contribution in [0.15, 0.2) is 24.3 Å². The van der Waals surface area contributed by atoms with Crippen molar-refractivity contribution < 1.29 is 15.0 Å². The first kappa shape index (κ1) is 25.4. The van der Waals surface area contributed by atoms with E-state index in [1.807, 2.05) is 32.9 Å². The van der Waals surface area contributed by atoms with Crippen molar-refractivity contribution in [3.8, 4) is 0 Å². The van der Waals surface area contributed by atoms with Crippen molar-refractivity contribution in [2.45, 2.75) is 76.6 Å². The summed E-state index contributed by atoms with van der Waals surface area (Å²) < 4.78 is 0. The van der Waals surface area contributed by atoms with Gasteiger partial charge in [-0.25, -0.2) is 0 Å². The number of carbonyl (C=O) groups excluding carboxylic acids is 1. The Hall–Kier alpha value is -1.18. The molecule has 2 fully saturated rings. The van der Waals surface area contributed by atoms with E-state index < -0.39 is 6.10 Å². The molecule has 4 N–H and O–H groups in total. The van der Waals surface area contributed by atoms with E-state index in [1.165, 1.54) is 25.7 Å². The molecule has 1 aliphatic carbocycles. The Labute approximate surface area is 197 Å². The molecule has 1 aromatic rings. The third-order valence-electron chi connectivity index (χ3n) is 6.80. The van der Waals surface area contributed by atoms with Crippen LogP contribution in [0.5, 0.6) is 0 Å². The number of benzene rings is 1. The van der Waals surface area contributed by atoms with Gasteiger partial charge in [0, 0.05) is 30.2 Å². The van der Waals surface area contributed by atoms with Crippen molar-refractivity contribution in [2.24, 2.45) is 11.8 Å². The maximum absolute atomic E-state index is 13.1. The summed E-state index contributed by atoms with van der Waals surface area (Å²) in [5, 5.41) is 27.7. The summed E-state index contributed by atoms with van der Waals surface area (Å²) in [4.78, 5) is 15.3. The maximum Gasteiger partial charge on any atom is 0.237 e. The average molecular weight is 466 g/mol. The van der Waals surface area contributed by atoms with Crippen LogP contribution >= 0.6 is 11.6 Å². The van der Waals surface area contributed by atoms with Crippen molar-refractivity contribution >= 4 is 17.5 Å². The lowest BCUT2D eigenvalue weighted by molar-refractivity contribution is -0.132. The summed E-state index contributed by atoms with van der Waals surface area (Å²) in [5.74, 6) is 1.28. The zero-order chi connectivity index (χ0) is 23.3. The molecule has 0 aromatic heterocycles. The molecule has 1 amide bonds. The predicted octanol–water partition coefficient (Wildman–Crippen LogP) is 3.12. The number of aliphatic hydroxyl groups is 2.